The molecule has 30 heavy (non-hydrogen) atoms. The summed E-state index contributed by atoms with van der Waals surface area (Å²) >= 11 is 0. The molecule has 1 unspecified atom stereocenters. The Balaban J connectivity index is 0.00000124. The van der Waals surface area contributed by atoms with E-state index in [0.717, 1.165) is 27.6 Å². The molecule has 0 fully saturated rings. The van der Waals surface area contributed by atoms with Gasteiger partial charge in [-0.25, -0.2) is 9.86 Å². The lowest BCUT2D eigenvalue weighted by molar-refractivity contribution is -0.159. The number of hydrogen-bond acceptors (Lipinski definition) is 5. The van der Waals surface area contributed by atoms with E-state index in [1.165, 1.54) is 7.05 Å². The average molecular weight is 415 g/mol. The number of aromatic nitrogens is 2. The summed E-state index contributed by atoms with van der Waals surface area (Å²) < 4.78 is 1.60. The molecule has 3 heterocycles. The van der Waals surface area contributed by atoms with Gasteiger partial charge >= 0.3 is 6.03 Å². The lowest BCUT2D eigenvalue weighted by Gasteiger charge is -2.27. The highest BCUT2D eigenvalue weighted by molar-refractivity contribution is 5.94. The summed E-state index contributed by atoms with van der Waals surface area (Å²) in [5.41, 5.74) is 3.77. The molecule has 2 aliphatic rings. The van der Waals surface area contributed by atoms with E-state index in [0.29, 0.717) is 25.2 Å². The zero-order chi connectivity index (χ0) is 21.8. The van der Waals surface area contributed by atoms with Crippen LogP contribution in [0.25, 0.3) is 0 Å². The molecule has 2 N–H and O–H groups in total. The highest BCUT2D eigenvalue weighted by Crippen LogP contribution is 2.26. The van der Waals surface area contributed by atoms with E-state index in [1.807, 2.05) is 45.0 Å². The molecule has 1 aromatic heterocycles. The number of hydroxylamine groups is 2. The Morgan fingerprint density at radius 3 is 2.83 bits per heavy atom. The number of aryl methyl sites for hydroxylation is 1. The van der Waals surface area contributed by atoms with Crippen LogP contribution in [-0.2, 0) is 24.3 Å². The van der Waals surface area contributed by atoms with Gasteiger partial charge in [0, 0.05) is 31.3 Å². The van der Waals surface area contributed by atoms with Gasteiger partial charge in [0.15, 0.2) is 0 Å². The maximum absolute atomic E-state index is 12.8. The van der Waals surface area contributed by atoms with Crippen molar-refractivity contribution in [2.75, 3.05) is 25.5 Å². The molecule has 0 saturated heterocycles. The van der Waals surface area contributed by atoms with Crippen LogP contribution in [-0.4, -0.2) is 63.1 Å². The monoisotopic (exact) mass is 415 g/mol. The number of fused-ring (bicyclic) bond motifs is 3. The molecule has 1 atom stereocenters. The van der Waals surface area contributed by atoms with Gasteiger partial charge < -0.3 is 15.3 Å². The molecule has 2 aliphatic heterocycles. The van der Waals surface area contributed by atoms with Crippen LogP contribution in [0.1, 0.15) is 41.2 Å². The predicted octanol–water partition coefficient (Wildman–Crippen LogP) is 2.19. The normalized spacial score (nSPS) is 18.0. The van der Waals surface area contributed by atoms with Crippen LogP contribution in [0.5, 0.6) is 0 Å². The Bertz CT molecular complexity index is 926. The number of aliphatic hydroxyl groups excluding tert-OH is 1. The van der Waals surface area contributed by atoms with Crippen LogP contribution in [0.2, 0.25) is 0 Å². The number of hydrogen-bond donors (Lipinski definition) is 2. The highest BCUT2D eigenvalue weighted by atomic mass is 16.7. The van der Waals surface area contributed by atoms with E-state index in [9.17, 15) is 14.7 Å². The van der Waals surface area contributed by atoms with Gasteiger partial charge in [-0.3, -0.25) is 14.3 Å². The van der Waals surface area contributed by atoms with Crippen molar-refractivity contribution in [3.05, 3.63) is 46.8 Å². The molecule has 9 heteroatoms. The topological polar surface area (TPSA) is 99.9 Å². The Kier molecular flexibility index (Phi) is 6.73. The van der Waals surface area contributed by atoms with Crippen molar-refractivity contribution in [3.63, 3.8) is 0 Å². The van der Waals surface area contributed by atoms with Crippen LogP contribution in [0, 0.1) is 6.92 Å². The van der Waals surface area contributed by atoms with Crippen molar-refractivity contribution in [2.24, 2.45) is 0 Å². The summed E-state index contributed by atoms with van der Waals surface area (Å²) in [6.07, 6.45) is 0.0235. The number of rotatable bonds is 2. The Labute approximate surface area is 176 Å². The molecule has 0 saturated carbocycles. The SMILES string of the molecule is CC.Cc1cccc(NC(=O)N2CCc3nn4c(c3C2)C(=O)N(C)OC(CO)C4)c1. The number of nitrogens with zero attached hydrogens (tertiary/aromatic N) is 4. The second kappa shape index (κ2) is 9.27. The van der Waals surface area contributed by atoms with Crippen molar-refractivity contribution in [1.29, 1.82) is 0 Å². The zero-order valence-electron chi connectivity index (χ0n) is 17.9. The van der Waals surface area contributed by atoms with E-state index >= 15 is 0 Å². The maximum atomic E-state index is 12.8. The summed E-state index contributed by atoms with van der Waals surface area (Å²) in [7, 11) is 1.52. The zero-order valence-corrected chi connectivity index (χ0v) is 17.9. The van der Waals surface area contributed by atoms with Gasteiger partial charge in [-0.15, -0.1) is 0 Å². The predicted molar refractivity (Wildman–Crippen MR) is 112 cm³/mol. The Morgan fingerprint density at radius 1 is 1.37 bits per heavy atom. The van der Waals surface area contributed by atoms with E-state index in [2.05, 4.69) is 10.4 Å². The fourth-order valence-electron chi connectivity index (χ4n) is 3.63. The standard InChI is InChI=1S/C19H23N5O4.C2H6/c1-12-4-3-5-13(8-12)20-19(27)23-7-6-16-15(10-23)17-18(26)22(2)28-14(11-25)9-24(17)21-16;1-2/h3-5,8,14,25H,6-7,9-11H2,1-2H3,(H,20,27);1-2H3. The minimum absolute atomic E-state index is 0.213. The number of carbonyl (C=O) groups is 2. The third kappa shape index (κ3) is 4.31. The maximum Gasteiger partial charge on any atom is 0.322 e. The molecule has 0 bridgehead atoms. The molecule has 9 nitrogen and oxygen atoms in total. The van der Waals surface area contributed by atoms with Gasteiger partial charge in [0.2, 0.25) is 0 Å². The second-order valence-corrected chi connectivity index (χ2v) is 7.14. The number of anilines is 1. The van der Waals surface area contributed by atoms with Crippen LogP contribution in [0.3, 0.4) is 0 Å². The van der Waals surface area contributed by atoms with Gasteiger partial charge in [-0.1, -0.05) is 26.0 Å². The largest absolute Gasteiger partial charge is 0.393 e. The van der Waals surface area contributed by atoms with Crippen LogP contribution < -0.4 is 5.32 Å². The minimum atomic E-state index is -0.544. The molecule has 0 spiro atoms. The number of nitrogens with one attached hydrogen (secondary N) is 1. The quantitative estimate of drug-likeness (QED) is 0.783. The molecular formula is C21H29N5O4. The third-order valence-electron chi connectivity index (χ3n) is 5.03. The van der Waals surface area contributed by atoms with Gasteiger partial charge in [0.25, 0.3) is 5.91 Å². The van der Waals surface area contributed by atoms with Crippen LogP contribution in [0.4, 0.5) is 10.5 Å². The van der Waals surface area contributed by atoms with Crippen molar-refractivity contribution < 1.29 is 19.5 Å². The number of aliphatic hydroxyl groups is 1. The molecule has 4 rings (SSSR count). The smallest absolute Gasteiger partial charge is 0.322 e. The Hall–Kier alpha value is -2.91. The summed E-state index contributed by atoms with van der Waals surface area (Å²) in [5, 5.41) is 18.0. The molecular weight excluding hydrogens is 386 g/mol. The van der Waals surface area contributed by atoms with Crippen molar-refractivity contribution in [2.45, 2.75) is 46.4 Å². The first kappa shape index (κ1) is 21.8. The summed E-state index contributed by atoms with van der Waals surface area (Å²) in [4.78, 5) is 32.6. The van der Waals surface area contributed by atoms with Gasteiger partial charge in [0.1, 0.15) is 11.8 Å². The van der Waals surface area contributed by atoms with Crippen molar-refractivity contribution in [3.8, 4) is 0 Å². The summed E-state index contributed by atoms with van der Waals surface area (Å²) in [5.74, 6) is -0.328. The summed E-state index contributed by atoms with van der Waals surface area (Å²) in [6, 6.07) is 7.40. The Morgan fingerprint density at radius 2 is 2.13 bits per heavy atom. The number of amides is 3. The fourth-order valence-corrected chi connectivity index (χ4v) is 3.63. The second-order valence-electron chi connectivity index (χ2n) is 7.14. The van der Waals surface area contributed by atoms with Crippen molar-refractivity contribution in [1.82, 2.24) is 19.7 Å². The third-order valence-corrected chi connectivity index (χ3v) is 5.03. The number of benzene rings is 1. The molecule has 162 valence electrons. The molecule has 0 aliphatic carbocycles. The molecule has 3 amide bonds. The summed E-state index contributed by atoms with van der Waals surface area (Å²) in [6.45, 7) is 6.85. The number of carbonyl (C=O) groups excluding carboxylic acids is 2. The van der Waals surface area contributed by atoms with E-state index in [1.54, 1.807) is 9.58 Å². The van der Waals surface area contributed by atoms with E-state index < -0.39 is 6.10 Å². The minimum Gasteiger partial charge on any atom is -0.393 e. The van der Waals surface area contributed by atoms with E-state index in [4.69, 9.17) is 4.84 Å². The van der Waals surface area contributed by atoms with E-state index in [-0.39, 0.29) is 25.1 Å². The van der Waals surface area contributed by atoms with Gasteiger partial charge in [-0.2, -0.15) is 5.10 Å². The first-order chi connectivity index (χ1) is 14.5. The lowest BCUT2D eigenvalue weighted by Crippen LogP contribution is -2.39. The van der Waals surface area contributed by atoms with Gasteiger partial charge in [-0.05, 0) is 24.6 Å². The molecule has 2 aromatic rings. The first-order valence-electron chi connectivity index (χ1n) is 10.2. The van der Waals surface area contributed by atoms with Gasteiger partial charge in [0.05, 0.1) is 25.4 Å². The van der Waals surface area contributed by atoms with Crippen molar-refractivity contribution >= 4 is 17.6 Å². The van der Waals surface area contributed by atoms with Crippen LogP contribution >= 0.6 is 0 Å². The molecule has 0 radical (unpaired) electrons. The first-order valence-corrected chi connectivity index (χ1v) is 10.2. The lowest BCUT2D eigenvalue weighted by atomic mass is 10.1. The highest BCUT2D eigenvalue weighted by Gasteiger charge is 2.35. The number of urea groups is 1. The van der Waals surface area contributed by atoms with Crippen LogP contribution in [0.15, 0.2) is 24.3 Å². The molecule has 1 aromatic carbocycles. The average Bonchev–Trinajstić information content (AvgIpc) is 3.05. The fraction of sp³-hybridized carbons (Fsp3) is 0.476.